The first-order valence-corrected chi connectivity index (χ1v) is 8.47. The molecule has 0 aromatic carbocycles. The summed E-state index contributed by atoms with van der Waals surface area (Å²) in [5.74, 6) is -2.18. The van der Waals surface area contributed by atoms with Crippen molar-refractivity contribution in [2.75, 3.05) is 20.1 Å². The summed E-state index contributed by atoms with van der Waals surface area (Å²) in [6.07, 6.45) is 2.27. The number of nitrogens with zero attached hydrogens (tertiary/aromatic N) is 1. The van der Waals surface area contributed by atoms with Crippen LogP contribution in [-0.4, -0.2) is 66.2 Å². The van der Waals surface area contributed by atoms with Crippen molar-refractivity contribution in [1.82, 2.24) is 16.0 Å². The molecule has 1 aliphatic rings. The minimum atomic E-state index is -0.979. The van der Waals surface area contributed by atoms with Crippen molar-refractivity contribution in [3.05, 3.63) is 12.2 Å². The van der Waals surface area contributed by atoms with E-state index in [1.165, 1.54) is 14.0 Å². The van der Waals surface area contributed by atoms with Crippen LogP contribution in [0.25, 0.3) is 0 Å². The van der Waals surface area contributed by atoms with E-state index in [2.05, 4.69) is 16.0 Å². The van der Waals surface area contributed by atoms with Gasteiger partial charge in [-0.1, -0.05) is 13.8 Å². The Balaban J connectivity index is 2.43. The molecule has 9 nitrogen and oxygen atoms in total. The molecular weight excluding hydrogens is 340 g/mol. The minimum Gasteiger partial charge on any atom is -0.352 e. The number of rotatable bonds is 8. The van der Waals surface area contributed by atoms with Gasteiger partial charge in [-0.2, -0.15) is 4.48 Å². The lowest BCUT2D eigenvalue weighted by Crippen LogP contribution is -2.61. The maximum Gasteiger partial charge on any atom is 0.347 e. The van der Waals surface area contributed by atoms with E-state index >= 15 is 0 Å². The summed E-state index contributed by atoms with van der Waals surface area (Å²) in [5, 5.41) is 7.52. The van der Waals surface area contributed by atoms with Crippen LogP contribution in [0.3, 0.4) is 0 Å². The van der Waals surface area contributed by atoms with Gasteiger partial charge in [0.15, 0.2) is 6.04 Å². The van der Waals surface area contributed by atoms with Gasteiger partial charge in [0.2, 0.25) is 11.8 Å². The SMILES string of the molecule is CC(C)C(C)NC(=O)CNC(=O)CNC(=O)C(C)[N+]1(C)C(=O)C=CC1=O. The Morgan fingerprint density at radius 2 is 1.42 bits per heavy atom. The average molecular weight is 367 g/mol. The number of hydrogen-bond donors (Lipinski definition) is 3. The molecule has 0 saturated heterocycles. The first kappa shape index (κ1) is 21.5. The fraction of sp³-hybridized carbons (Fsp3) is 0.588. The normalized spacial score (nSPS) is 17.8. The Morgan fingerprint density at radius 3 is 1.92 bits per heavy atom. The van der Waals surface area contributed by atoms with Crippen LogP contribution in [-0.2, 0) is 24.0 Å². The van der Waals surface area contributed by atoms with Crippen molar-refractivity contribution in [1.29, 1.82) is 0 Å². The van der Waals surface area contributed by atoms with Gasteiger partial charge in [0.05, 0.1) is 32.3 Å². The van der Waals surface area contributed by atoms with E-state index in [-0.39, 0.29) is 31.0 Å². The van der Waals surface area contributed by atoms with Gasteiger partial charge in [-0.05, 0) is 19.8 Å². The van der Waals surface area contributed by atoms with Crippen LogP contribution in [0.15, 0.2) is 12.2 Å². The average Bonchev–Trinajstić information content (AvgIpc) is 2.85. The lowest BCUT2D eigenvalue weighted by molar-refractivity contribution is -0.765. The number of quaternary nitrogens is 1. The van der Waals surface area contributed by atoms with E-state index < -0.39 is 34.2 Å². The van der Waals surface area contributed by atoms with Crippen LogP contribution in [0.1, 0.15) is 27.7 Å². The second kappa shape index (κ2) is 8.70. The van der Waals surface area contributed by atoms with Gasteiger partial charge in [-0.3, -0.25) is 14.4 Å². The lowest BCUT2D eigenvalue weighted by atomic mass is 10.1. The monoisotopic (exact) mass is 367 g/mol. The number of amides is 5. The van der Waals surface area contributed by atoms with Gasteiger partial charge in [-0.25, -0.2) is 9.59 Å². The number of nitrogens with one attached hydrogen (secondary N) is 3. The van der Waals surface area contributed by atoms with Gasteiger partial charge in [-0.15, -0.1) is 0 Å². The van der Waals surface area contributed by atoms with E-state index in [4.69, 9.17) is 0 Å². The molecule has 0 aromatic heterocycles. The molecule has 1 rings (SSSR count). The molecule has 0 radical (unpaired) electrons. The Bertz CT molecular complexity index is 623. The number of likely N-dealkylation sites (N-methyl/N-ethyl adjacent to an activating group) is 1. The summed E-state index contributed by atoms with van der Waals surface area (Å²) in [5.41, 5.74) is 0. The van der Waals surface area contributed by atoms with E-state index in [9.17, 15) is 24.0 Å². The molecule has 1 heterocycles. The van der Waals surface area contributed by atoms with Gasteiger partial charge in [0.1, 0.15) is 0 Å². The van der Waals surface area contributed by atoms with Crippen molar-refractivity contribution >= 4 is 29.5 Å². The van der Waals surface area contributed by atoms with Crippen molar-refractivity contribution in [3.63, 3.8) is 0 Å². The predicted molar refractivity (Wildman–Crippen MR) is 93.3 cm³/mol. The summed E-state index contributed by atoms with van der Waals surface area (Å²) in [6.45, 7) is 6.69. The highest BCUT2D eigenvalue weighted by Gasteiger charge is 2.49. The molecule has 9 heteroatoms. The van der Waals surface area contributed by atoms with Crippen LogP contribution < -0.4 is 16.0 Å². The Hall–Kier alpha value is -2.55. The zero-order chi connectivity index (χ0) is 20.1. The van der Waals surface area contributed by atoms with Crippen LogP contribution in [0.2, 0.25) is 0 Å². The molecule has 0 aliphatic carbocycles. The number of carbonyl (C=O) groups is 5. The van der Waals surface area contributed by atoms with Gasteiger partial charge in [0.25, 0.3) is 5.91 Å². The molecule has 2 unspecified atom stereocenters. The fourth-order valence-electron chi connectivity index (χ4n) is 2.21. The van der Waals surface area contributed by atoms with Crippen molar-refractivity contribution in [2.45, 2.75) is 39.8 Å². The van der Waals surface area contributed by atoms with E-state index in [1.807, 2.05) is 20.8 Å². The van der Waals surface area contributed by atoms with Crippen LogP contribution in [0.5, 0.6) is 0 Å². The number of hydrogen-bond acceptors (Lipinski definition) is 5. The zero-order valence-corrected chi connectivity index (χ0v) is 15.8. The molecule has 0 aromatic rings. The molecule has 1 aliphatic heterocycles. The maximum atomic E-state index is 12.2. The lowest BCUT2D eigenvalue weighted by Gasteiger charge is -2.29. The summed E-state index contributed by atoms with van der Waals surface area (Å²) in [7, 11) is 1.36. The third kappa shape index (κ3) is 4.98. The quantitative estimate of drug-likeness (QED) is 0.369. The highest BCUT2D eigenvalue weighted by Crippen LogP contribution is 2.19. The summed E-state index contributed by atoms with van der Waals surface area (Å²) < 4.78 is -0.692. The highest BCUT2D eigenvalue weighted by atomic mass is 16.2. The number of imide groups is 1. The standard InChI is InChI=1S/C17H26N4O5/c1-10(2)11(3)20-14(23)9-18-13(22)8-19-17(26)12(4)21(5)15(24)6-7-16(21)25/h6-7,10-12H,8-9H2,1-5H3,(H2-,18,19,20,22,23,26)/p+1. The Kier molecular flexibility index (Phi) is 7.19. The maximum absolute atomic E-state index is 12.2. The van der Waals surface area contributed by atoms with Crippen molar-refractivity contribution < 1.29 is 28.5 Å². The third-order valence-corrected chi connectivity index (χ3v) is 4.70. The summed E-state index contributed by atoms with van der Waals surface area (Å²) in [4.78, 5) is 59.4. The van der Waals surface area contributed by atoms with Gasteiger partial charge in [0, 0.05) is 6.04 Å². The molecule has 2 atom stereocenters. The molecule has 0 spiro atoms. The van der Waals surface area contributed by atoms with E-state index in [0.29, 0.717) is 0 Å². The molecular formula is C17H27N4O5+. The molecule has 5 amide bonds. The fourth-order valence-corrected chi connectivity index (χ4v) is 2.21. The summed E-state index contributed by atoms with van der Waals surface area (Å²) in [6, 6.07) is -0.999. The molecule has 26 heavy (non-hydrogen) atoms. The van der Waals surface area contributed by atoms with Crippen molar-refractivity contribution in [3.8, 4) is 0 Å². The summed E-state index contributed by atoms with van der Waals surface area (Å²) >= 11 is 0. The van der Waals surface area contributed by atoms with E-state index in [0.717, 1.165) is 12.2 Å². The molecule has 0 bridgehead atoms. The first-order valence-electron chi connectivity index (χ1n) is 8.47. The van der Waals surface area contributed by atoms with Gasteiger partial charge < -0.3 is 16.0 Å². The van der Waals surface area contributed by atoms with Crippen LogP contribution in [0, 0.1) is 5.92 Å². The topological polar surface area (TPSA) is 121 Å². The second-order valence-electron chi connectivity index (χ2n) is 6.86. The number of carbonyl (C=O) groups excluding carboxylic acids is 5. The van der Waals surface area contributed by atoms with Crippen molar-refractivity contribution in [2.24, 2.45) is 5.92 Å². The van der Waals surface area contributed by atoms with E-state index in [1.54, 1.807) is 0 Å². The molecule has 144 valence electrons. The Morgan fingerprint density at radius 1 is 0.923 bits per heavy atom. The Labute approximate surface area is 152 Å². The van der Waals surface area contributed by atoms with Gasteiger partial charge >= 0.3 is 11.8 Å². The largest absolute Gasteiger partial charge is 0.352 e. The van der Waals surface area contributed by atoms with Crippen LogP contribution in [0.4, 0.5) is 0 Å². The molecule has 0 fully saturated rings. The smallest absolute Gasteiger partial charge is 0.347 e. The predicted octanol–water partition coefficient (Wildman–Crippen LogP) is -1.16. The van der Waals surface area contributed by atoms with Crippen LogP contribution >= 0.6 is 0 Å². The first-order chi connectivity index (χ1) is 12.0. The molecule has 3 N–H and O–H groups in total. The zero-order valence-electron chi connectivity index (χ0n) is 15.8. The highest BCUT2D eigenvalue weighted by molar-refractivity contribution is 6.06. The molecule has 0 saturated carbocycles. The second-order valence-corrected chi connectivity index (χ2v) is 6.86. The minimum absolute atomic E-state index is 0.0199. The third-order valence-electron chi connectivity index (χ3n) is 4.70.